The minimum atomic E-state index is -0.981. The molecule has 2 atom stereocenters. The minimum absolute atomic E-state index is 0.159. The normalized spacial score (nSPS) is 18.3. The third-order valence-electron chi connectivity index (χ3n) is 3.68. The van der Waals surface area contributed by atoms with Crippen LogP contribution in [-0.4, -0.2) is 59.8 Å². The molecule has 1 heterocycles. The molecule has 1 rings (SSSR count). The highest BCUT2D eigenvalue weighted by Gasteiger charge is 2.35. The van der Waals surface area contributed by atoms with Gasteiger partial charge >= 0.3 is 12.1 Å². The number of ether oxygens (including phenoxy) is 1. The number of nitrogens with two attached hydrogens (primary N) is 1. The Morgan fingerprint density at radius 2 is 2.17 bits per heavy atom. The third-order valence-corrected chi connectivity index (χ3v) is 3.68. The van der Waals surface area contributed by atoms with Crippen molar-refractivity contribution in [3.63, 3.8) is 0 Å². The number of rotatable bonds is 9. The molecule has 2 unspecified atom stereocenters. The van der Waals surface area contributed by atoms with E-state index < -0.39 is 24.1 Å². The molecule has 8 nitrogen and oxygen atoms in total. The van der Waals surface area contributed by atoms with Gasteiger partial charge in [0.1, 0.15) is 12.6 Å². The Hall–Kier alpha value is -2.09. The van der Waals surface area contributed by atoms with Crippen LogP contribution in [0.15, 0.2) is 12.7 Å². The van der Waals surface area contributed by atoms with Gasteiger partial charge in [0.25, 0.3) is 0 Å². The quantitative estimate of drug-likeness (QED) is 0.418. The monoisotopic (exact) mass is 327 g/mol. The van der Waals surface area contributed by atoms with Gasteiger partial charge in [0, 0.05) is 13.1 Å². The summed E-state index contributed by atoms with van der Waals surface area (Å²) < 4.78 is 4.75. The van der Waals surface area contributed by atoms with Gasteiger partial charge in [0.05, 0.1) is 6.04 Å². The maximum atomic E-state index is 12.2. The molecule has 1 aliphatic rings. The second-order valence-electron chi connectivity index (χ2n) is 5.44. The lowest BCUT2D eigenvalue weighted by Crippen LogP contribution is -2.48. The molecule has 8 heteroatoms. The van der Waals surface area contributed by atoms with Crippen LogP contribution in [0.2, 0.25) is 0 Å². The molecule has 0 bridgehead atoms. The largest absolute Gasteiger partial charge is 0.480 e. The van der Waals surface area contributed by atoms with Crippen LogP contribution >= 0.6 is 0 Å². The third kappa shape index (κ3) is 6.27. The molecule has 130 valence electrons. The summed E-state index contributed by atoms with van der Waals surface area (Å²) in [5, 5.41) is 11.7. The molecule has 0 radical (unpaired) electrons. The maximum absolute atomic E-state index is 12.2. The summed E-state index contributed by atoms with van der Waals surface area (Å²) >= 11 is 0. The van der Waals surface area contributed by atoms with Crippen LogP contribution in [0.4, 0.5) is 4.79 Å². The van der Waals surface area contributed by atoms with Gasteiger partial charge in [-0.2, -0.15) is 0 Å². The topological polar surface area (TPSA) is 122 Å². The Bertz CT molecular complexity index is 441. The molecule has 0 saturated carbocycles. The molecule has 0 aromatic rings. The van der Waals surface area contributed by atoms with Crippen molar-refractivity contribution in [2.45, 2.75) is 44.2 Å². The first-order valence-electron chi connectivity index (χ1n) is 7.77. The van der Waals surface area contributed by atoms with E-state index in [1.165, 1.54) is 11.0 Å². The first kappa shape index (κ1) is 19.0. The van der Waals surface area contributed by atoms with Gasteiger partial charge in [-0.05, 0) is 32.1 Å². The number of carbonyl (C=O) groups is 3. The van der Waals surface area contributed by atoms with E-state index in [1.54, 1.807) is 0 Å². The van der Waals surface area contributed by atoms with Crippen LogP contribution in [0.1, 0.15) is 32.1 Å². The predicted molar refractivity (Wildman–Crippen MR) is 83.7 cm³/mol. The van der Waals surface area contributed by atoms with Crippen molar-refractivity contribution in [3.05, 3.63) is 12.7 Å². The van der Waals surface area contributed by atoms with Gasteiger partial charge in [-0.15, -0.1) is 0 Å². The van der Waals surface area contributed by atoms with Crippen molar-refractivity contribution in [3.8, 4) is 0 Å². The van der Waals surface area contributed by atoms with E-state index in [-0.39, 0.29) is 12.5 Å². The summed E-state index contributed by atoms with van der Waals surface area (Å²) in [6.07, 6.45) is 3.90. The number of unbranched alkanes of at least 4 members (excludes halogenated alkanes) is 1. The number of carboxylic acid groups (broad SMARTS) is 1. The Kier molecular flexibility index (Phi) is 8.10. The van der Waals surface area contributed by atoms with E-state index in [2.05, 4.69) is 11.9 Å². The number of carbonyl (C=O) groups excluding carboxylic acids is 2. The van der Waals surface area contributed by atoms with Gasteiger partial charge in [0.2, 0.25) is 5.91 Å². The maximum Gasteiger partial charge on any atom is 0.407 e. The highest BCUT2D eigenvalue weighted by atomic mass is 16.5. The lowest BCUT2D eigenvalue weighted by molar-refractivity contribution is -0.148. The molecule has 1 saturated heterocycles. The molecule has 1 aliphatic heterocycles. The van der Waals surface area contributed by atoms with E-state index in [4.69, 9.17) is 15.6 Å². The van der Waals surface area contributed by atoms with Crippen LogP contribution in [0.25, 0.3) is 0 Å². The van der Waals surface area contributed by atoms with Crippen molar-refractivity contribution < 1.29 is 24.2 Å². The van der Waals surface area contributed by atoms with Crippen LogP contribution in [0.3, 0.4) is 0 Å². The van der Waals surface area contributed by atoms with E-state index in [1.807, 2.05) is 0 Å². The van der Waals surface area contributed by atoms with Crippen molar-refractivity contribution in [2.24, 2.45) is 5.73 Å². The zero-order valence-electron chi connectivity index (χ0n) is 13.2. The van der Waals surface area contributed by atoms with Gasteiger partial charge in [-0.25, -0.2) is 9.59 Å². The van der Waals surface area contributed by atoms with E-state index in [9.17, 15) is 14.4 Å². The van der Waals surface area contributed by atoms with E-state index in [0.717, 1.165) is 0 Å². The number of alkyl carbamates (subject to hydrolysis) is 1. The van der Waals surface area contributed by atoms with Crippen molar-refractivity contribution >= 4 is 18.0 Å². The van der Waals surface area contributed by atoms with Crippen molar-refractivity contribution in [2.75, 3.05) is 19.7 Å². The summed E-state index contributed by atoms with van der Waals surface area (Å²) in [6.45, 7) is 4.47. The smallest absolute Gasteiger partial charge is 0.407 e. The molecule has 0 spiro atoms. The average Bonchev–Trinajstić information content (AvgIpc) is 3.01. The molecule has 4 N–H and O–H groups in total. The Balaban J connectivity index is 2.22. The van der Waals surface area contributed by atoms with Crippen LogP contribution in [0.5, 0.6) is 0 Å². The second kappa shape index (κ2) is 9.83. The molecular formula is C15H25N3O5. The lowest BCUT2D eigenvalue weighted by Gasteiger charge is -2.24. The molecule has 0 aromatic carbocycles. The van der Waals surface area contributed by atoms with Gasteiger partial charge in [0.15, 0.2) is 0 Å². The number of nitrogens with zero attached hydrogens (tertiary/aromatic N) is 1. The summed E-state index contributed by atoms with van der Waals surface area (Å²) in [6, 6.07) is -1.46. The predicted octanol–water partition coefficient (Wildman–Crippen LogP) is 0.472. The van der Waals surface area contributed by atoms with Crippen LogP contribution in [-0.2, 0) is 14.3 Å². The minimum Gasteiger partial charge on any atom is -0.480 e. The number of likely N-dealkylation sites (tertiary alicyclic amines) is 1. The summed E-state index contributed by atoms with van der Waals surface area (Å²) in [7, 11) is 0. The summed E-state index contributed by atoms with van der Waals surface area (Å²) in [4.78, 5) is 35.8. The average molecular weight is 327 g/mol. The van der Waals surface area contributed by atoms with Crippen LogP contribution in [0, 0.1) is 0 Å². The molecule has 23 heavy (non-hydrogen) atoms. The summed E-state index contributed by atoms with van der Waals surface area (Å²) in [5.41, 5.74) is 5.86. The fourth-order valence-electron chi connectivity index (χ4n) is 2.49. The summed E-state index contributed by atoms with van der Waals surface area (Å²) in [5.74, 6) is -1.29. The number of hydrogen-bond donors (Lipinski definition) is 3. The Labute approximate surface area is 135 Å². The van der Waals surface area contributed by atoms with E-state index >= 15 is 0 Å². The zero-order valence-corrected chi connectivity index (χ0v) is 13.2. The van der Waals surface area contributed by atoms with Crippen molar-refractivity contribution in [1.29, 1.82) is 0 Å². The number of nitrogens with one attached hydrogen (secondary N) is 1. The van der Waals surface area contributed by atoms with Gasteiger partial charge < -0.3 is 25.8 Å². The lowest BCUT2D eigenvalue weighted by atomic mass is 10.1. The zero-order chi connectivity index (χ0) is 17.2. The molecular weight excluding hydrogens is 302 g/mol. The SMILES string of the molecule is C=CCOC(=O)NCCCCC(N)C(=O)N1CCCC1C(=O)O. The molecule has 2 amide bonds. The number of hydrogen-bond acceptors (Lipinski definition) is 5. The molecule has 0 aromatic heterocycles. The second-order valence-corrected chi connectivity index (χ2v) is 5.44. The number of carboxylic acids is 1. The number of amides is 2. The molecule has 1 fully saturated rings. The van der Waals surface area contributed by atoms with Crippen LogP contribution < -0.4 is 11.1 Å². The van der Waals surface area contributed by atoms with Gasteiger partial charge in [-0.1, -0.05) is 12.7 Å². The highest BCUT2D eigenvalue weighted by Crippen LogP contribution is 2.19. The van der Waals surface area contributed by atoms with Gasteiger partial charge in [-0.3, -0.25) is 4.79 Å². The first-order valence-corrected chi connectivity index (χ1v) is 7.77. The van der Waals surface area contributed by atoms with Crippen molar-refractivity contribution in [1.82, 2.24) is 10.2 Å². The highest BCUT2D eigenvalue weighted by molar-refractivity contribution is 5.87. The Morgan fingerprint density at radius 1 is 1.43 bits per heavy atom. The molecule has 0 aliphatic carbocycles. The Morgan fingerprint density at radius 3 is 2.83 bits per heavy atom. The standard InChI is InChI=1S/C15H25N3O5/c1-2-10-23-15(22)17-8-4-3-6-11(16)13(19)18-9-5-7-12(18)14(20)21/h2,11-12H,1,3-10,16H2,(H,17,22)(H,20,21). The van der Waals surface area contributed by atoms with E-state index in [0.29, 0.717) is 45.2 Å². The fraction of sp³-hybridized carbons (Fsp3) is 0.667. The fourth-order valence-corrected chi connectivity index (χ4v) is 2.49. The number of aliphatic carboxylic acids is 1. The first-order chi connectivity index (χ1) is 11.0.